The predicted molar refractivity (Wildman–Crippen MR) is 71.7 cm³/mol. The van der Waals surface area contributed by atoms with E-state index in [0.29, 0.717) is 0 Å². The molecule has 4 nitrogen and oxygen atoms in total. The van der Waals surface area contributed by atoms with Crippen LogP contribution < -0.4 is 5.73 Å². The third kappa shape index (κ3) is 1.91. The highest BCUT2D eigenvalue weighted by Crippen LogP contribution is 2.42. The zero-order valence-corrected chi connectivity index (χ0v) is 12.1. The van der Waals surface area contributed by atoms with Gasteiger partial charge in [-0.05, 0) is 18.7 Å². The van der Waals surface area contributed by atoms with Crippen LogP contribution in [0.1, 0.15) is 52.0 Å². The Bertz CT molecular complexity index is 471. The van der Waals surface area contributed by atoms with Gasteiger partial charge in [0, 0.05) is 16.1 Å². The molecule has 18 heavy (non-hydrogen) atoms. The van der Waals surface area contributed by atoms with Gasteiger partial charge in [-0.25, -0.2) is 0 Å². The van der Waals surface area contributed by atoms with Crippen LogP contribution in [-0.4, -0.2) is 28.8 Å². The third-order valence-corrected chi connectivity index (χ3v) is 4.61. The van der Waals surface area contributed by atoms with Crippen molar-refractivity contribution in [1.82, 2.24) is 4.90 Å². The SMILES string of the molecule is [2H]C([2H])(C)C([2H])(C)[C@@](C)(C(N)=O)N1CC(C)C(C)(C)C1=O. The topological polar surface area (TPSA) is 63.4 Å². The molecule has 0 radical (unpaired) electrons. The quantitative estimate of drug-likeness (QED) is 0.834. The van der Waals surface area contributed by atoms with E-state index in [1.165, 1.54) is 25.7 Å². The van der Waals surface area contributed by atoms with Gasteiger partial charge in [0.25, 0.3) is 0 Å². The van der Waals surface area contributed by atoms with Crippen molar-refractivity contribution in [3.63, 3.8) is 0 Å². The van der Waals surface area contributed by atoms with Crippen molar-refractivity contribution in [3.05, 3.63) is 0 Å². The molecule has 2 unspecified atom stereocenters. The molecule has 0 saturated carbocycles. The van der Waals surface area contributed by atoms with Gasteiger partial charge >= 0.3 is 0 Å². The van der Waals surface area contributed by atoms with E-state index in [9.17, 15) is 9.59 Å². The highest BCUT2D eigenvalue weighted by molar-refractivity contribution is 5.93. The molecular weight excluding hydrogens is 228 g/mol. The molecule has 0 aromatic heterocycles. The zero-order chi connectivity index (χ0) is 17.0. The Morgan fingerprint density at radius 3 is 2.56 bits per heavy atom. The summed E-state index contributed by atoms with van der Waals surface area (Å²) in [6, 6.07) is 0. The van der Waals surface area contributed by atoms with Gasteiger partial charge < -0.3 is 10.6 Å². The third-order valence-electron chi connectivity index (χ3n) is 4.61. The number of carbonyl (C=O) groups is 2. The van der Waals surface area contributed by atoms with Gasteiger partial charge in [-0.15, -0.1) is 0 Å². The number of hydrogen-bond acceptors (Lipinski definition) is 2. The van der Waals surface area contributed by atoms with Gasteiger partial charge in [0.05, 0.1) is 0 Å². The summed E-state index contributed by atoms with van der Waals surface area (Å²) in [6.07, 6.45) is -2.01. The summed E-state index contributed by atoms with van der Waals surface area (Å²) in [5.74, 6) is -3.01. The molecule has 1 fully saturated rings. The van der Waals surface area contributed by atoms with Gasteiger partial charge in [0.15, 0.2) is 0 Å². The summed E-state index contributed by atoms with van der Waals surface area (Å²) >= 11 is 0. The lowest BCUT2D eigenvalue weighted by Gasteiger charge is -2.41. The minimum Gasteiger partial charge on any atom is -0.368 e. The number of primary amides is 1. The van der Waals surface area contributed by atoms with Crippen LogP contribution in [-0.2, 0) is 9.59 Å². The Balaban J connectivity index is 3.46. The standard InChI is InChI=1S/C14H26N2O2/c1-7-9(2)14(6,11(15)17)16-8-10(3)13(4,5)12(16)18/h9-10H,7-8H2,1-6H3,(H2,15,17)/t9?,10?,14-/m0/s1/i7D2,9D. The Morgan fingerprint density at radius 2 is 2.28 bits per heavy atom. The molecule has 0 aliphatic carbocycles. The van der Waals surface area contributed by atoms with Gasteiger partial charge in [-0.1, -0.05) is 41.0 Å². The van der Waals surface area contributed by atoms with Crippen LogP contribution in [0.3, 0.4) is 0 Å². The van der Waals surface area contributed by atoms with Crippen LogP contribution in [0.2, 0.25) is 0 Å². The second-order valence-electron chi connectivity index (χ2n) is 5.85. The van der Waals surface area contributed by atoms with E-state index < -0.39 is 29.1 Å². The van der Waals surface area contributed by atoms with E-state index in [-0.39, 0.29) is 18.4 Å². The average molecular weight is 257 g/mol. The first-order chi connectivity index (χ1) is 9.11. The second kappa shape index (κ2) is 4.56. The van der Waals surface area contributed by atoms with Gasteiger partial charge in [-0.2, -0.15) is 0 Å². The summed E-state index contributed by atoms with van der Waals surface area (Å²) < 4.78 is 24.2. The van der Waals surface area contributed by atoms with Crippen molar-refractivity contribution < 1.29 is 13.7 Å². The number of hydrogen-bond donors (Lipinski definition) is 1. The van der Waals surface area contributed by atoms with Crippen molar-refractivity contribution in [3.8, 4) is 0 Å². The molecule has 1 heterocycles. The van der Waals surface area contributed by atoms with E-state index in [1.807, 2.05) is 6.92 Å². The van der Waals surface area contributed by atoms with Crippen molar-refractivity contribution in [2.45, 2.75) is 53.5 Å². The smallest absolute Gasteiger partial charge is 0.243 e. The van der Waals surface area contributed by atoms with Gasteiger partial charge in [0.2, 0.25) is 11.8 Å². The fraction of sp³-hybridized carbons (Fsp3) is 0.857. The van der Waals surface area contributed by atoms with Crippen LogP contribution in [0.25, 0.3) is 0 Å². The molecule has 0 aromatic rings. The molecule has 1 rings (SSSR count). The van der Waals surface area contributed by atoms with Crippen LogP contribution in [0.4, 0.5) is 0 Å². The molecule has 0 aromatic carbocycles. The van der Waals surface area contributed by atoms with Crippen LogP contribution in [0.5, 0.6) is 0 Å². The Labute approximate surface area is 114 Å². The highest BCUT2D eigenvalue weighted by Gasteiger charge is 2.54. The first-order valence-electron chi connectivity index (χ1n) is 7.73. The van der Waals surface area contributed by atoms with Crippen molar-refractivity contribution in [2.24, 2.45) is 23.0 Å². The maximum Gasteiger partial charge on any atom is 0.243 e. The molecule has 0 spiro atoms. The van der Waals surface area contributed by atoms with Gasteiger partial charge in [-0.3, -0.25) is 9.59 Å². The lowest BCUT2D eigenvalue weighted by atomic mass is 9.81. The molecule has 2 N–H and O–H groups in total. The fourth-order valence-corrected chi connectivity index (χ4v) is 2.29. The van der Waals surface area contributed by atoms with Gasteiger partial charge in [0.1, 0.15) is 5.54 Å². The summed E-state index contributed by atoms with van der Waals surface area (Å²) in [5.41, 5.74) is 3.13. The van der Waals surface area contributed by atoms with E-state index in [2.05, 4.69) is 0 Å². The molecule has 4 heteroatoms. The lowest BCUT2D eigenvalue weighted by Crippen LogP contribution is -2.60. The fourth-order valence-electron chi connectivity index (χ4n) is 2.29. The summed E-state index contributed by atoms with van der Waals surface area (Å²) in [7, 11) is 0. The summed E-state index contributed by atoms with van der Waals surface area (Å²) in [4.78, 5) is 26.1. The summed E-state index contributed by atoms with van der Waals surface area (Å²) in [6.45, 7) is 9.73. The maximum atomic E-state index is 12.7. The van der Waals surface area contributed by atoms with E-state index in [4.69, 9.17) is 9.85 Å². The summed E-state index contributed by atoms with van der Waals surface area (Å²) in [5, 5.41) is 0. The number of nitrogens with zero attached hydrogens (tertiary/aromatic N) is 1. The van der Waals surface area contributed by atoms with Crippen LogP contribution >= 0.6 is 0 Å². The molecule has 0 bridgehead atoms. The second-order valence-corrected chi connectivity index (χ2v) is 5.85. The molecule has 1 aliphatic rings. The number of amides is 2. The van der Waals surface area contributed by atoms with Crippen molar-refractivity contribution in [1.29, 1.82) is 0 Å². The van der Waals surface area contributed by atoms with E-state index in [0.717, 1.165) is 0 Å². The van der Waals surface area contributed by atoms with Crippen LogP contribution in [0, 0.1) is 17.2 Å². The highest BCUT2D eigenvalue weighted by atomic mass is 16.2. The van der Waals surface area contributed by atoms with Crippen molar-refractivity contribution in [2.75, 3.05) is 6.54 Å². The Morgan fingerprint density at radius 1 is 1.78 bits per heavy atom. The molecule has 104 valence electrons. The largest absolute Gasteiger partial charge is 0.368 e. The first kappa shape index (κ1) is 10.8. The van der Waals surface area contributed by atoms with E-state index >= 15 is 0 Å². The van der Waals surface area contributed by atoms with E-state index in [1.54, 1.807) is 13.8 Å². The Kier molecular flexibility index (Phi) is 2.74. The van der Waals surface area contributed by atoms with Crippen LogP contribution in [0.15, 0.2) is 0 Å². The molecule has 3 atom stereocenters. The zero-order valence-electron chi connectivity index (χ0n) is 15.1. The molecule has 1 aliphatic heterocycles. The lowest BCUT2D eigenvalue weighted by molar-refractivity contribution is -0.149. The average Bonchev–Trinajstić information content (AvgIpc) is 2.50. The first-order valence-corrected chi connectivity index (χ1v) is 6.23. The normalized spacial score (nSPS) is 33.0. The van der Waals surface area contributed by atoms with Crippen molar-refractivity contribution >= 4 is 11.8 Å². The molecule has 1 saturated heterocycles. The molecule has 2 amide bonds. The number of likely N-dealkylation sites (tertiary alicyclic amines) is 1. The molecular formula is C14H26N2O2. The Hall–Kier alpha value is -1.06. The number of carbonyl (C=O) groups excluding carboxylic acids is 2. The minimum absolute atomic E-state index is 0.0119. The predicted octanol–water partition coefficient (Wildman–Crippen LogP) is 1.78. The number of rotatable bonds is 4. The number of nitrogens with two attached hydrogens (primary N) is 1. The minimum atomic E-state index is -2.01. The monoisotopic (exact) mass is 257 g/mol. The maximum absolute atomic E-state index is 12.7.